The van der Waals surface area contributed by atoms with E-state index in [0.717, 1.165) is 0 Å². The van der Waals surface area contributed by atoms with E-state index >= 15 is 0 Å². The second-order valence-corrected chi connectivity index (χ2v) is 40.4. The third kappa shape index (κ3) is 59.4. The molecule has 0 heterocycles. The van der Waals surface area contributed by atoms with Crippen LogP contribution in [0.1, 0.15) is 310 Å². The first kappa shape index (κ1) is 131. The van der Waals surface area contributed by atoms with E-state index in [1.807, 2.05) is 27.7 Å². The zero-order valence-corrected chi connectivity index (χ0v) is 87.1. The van der Waals surface area contributed by atoms with Crippen LogP contribution in [-0.4, -0.2) is 249 Å². The number of hydrogen-bond donors (Lipinski definition) is 26. The van der Waals surface area contributed by atoms with Gasteiger partial charge in [0.2, 0.25) is 112 Å². The van der Waals surface area contributed by atoms with E-state index in [1.165, 1.54) is 0 Å². The maximum atomic E-state index is 15.0. The predicted molar refractivity (Wildman–Crippen MR) is 539 cm³/mol. The van der Waals surface area contributed by atoms with Crippen LogP contribution in [0.4, 0.5) is 0 Å². The summed E-state index contributed by atoms with van der Waals surface area (Å²) < 4.78 is 0. The van der Waals surface area contributed by atoms with Gasteiger partial charge in [-0.15, -0.1) is 0 Å². The quantitative estimate of drug-likeness (QED) is 0.0142. The summed E-state index contributed by atoms with van der Waals surface area (Å²) in [5, 5.41) is 43.8. The van der Waals surface area contributed by atoms with Gasteiger partial charge in [-0.05, 0) is 253 Å². The number of carbonyl (C=O) groups excluding carboxylic acids is 19. The van der Waals surface area contributed by atoms with Crippen molar-refractivity contribution in [1.29, 1.82) is 0 Å². The van der Waals surface area contributed by atoms with Gasteiger partial charge in [0.25, 0.3) is 0 Å². The number of nitrogens with one attached hydrogen (secondary N) is 17. The lowest BCUT2D eigenvalue weighted by Gasteiger charge is -2.30. The number of hydrogen-bond acceptors (Lipinski definition) is 26. The van der Waals surface area contributed by atoms with Gasteiger partial charge in [0.15, 0.2) is 0 Å². The number of primary amides is 2. The molecule has 0 aliphatic carbocycles. The molecule has 0 bridgehead atoms. The normalized spacial score (nSPS) is 14.7. The van der Waals surface area contributed by atoms with Crippen LogP contribution in [-0.2, 0) is 91.1 Å². The molecular weight excluding hydrogens is 1820 g/mol. The minimum atomic E-state index is -1.55. The van der Waals surface area contributed by atoms with Crippen molar-refractivity contribution in [2.45, 2.75) is 400 Å². The molecule has 0 saturated heterocycles. The lowest BCUT2D eigenvalue weighted by molar-refractivity contribution is -0.137. The Hall–Kier alpha value is -10.3. The number of unbranched alkanes of at least 4 members (excludes halogenated alkanes) is 7. The predicted octanol–water partition coefficient (Wildman–Crippen LogP) is -1.57. The fourth-order valence-corrected chi connectivity index (χ4v) is 15.5. The smallest absolute Gasteiger partial charge is 0.243 e. The Balaban J connectivity index is 7.44. The maximum Gasteiger partial charge on any atom is 0.243 e. The molecule has 0 unspecified atom stereocenters. The lowest BCUT2D eigenvalue weighted by atomic mass is 9.98. The van der Waals surface area contributed by atoms with Crippen LogP contribution >= 0.6 is 0 Å². The van der Waals surface area contributed by atoms with Gasteiger partial charge in [0.05, 0.1) is 12.6 Å². The summed E-state index contributed by atoms with van der Waals surface area (Å²) in [6.45, 7) is 29.8. The topological polar surface area (TPSA) is 763 Å². The first-order valence-corrected chi connectivity index (χ1v) is 51.0. The van der Waals surface area contributed by atoms with Crippen LogP contribution in [0.25, 0.3) is 0 Å². The van der Waals surface area contributed by atoms with Gasteiger partial charge in [-0.25, -0.2) is 5.84 Å². The number of hydrazine groups is 1. The monoisotopic (exact) mass is 2000 g/mol. The summed E-state index contributed by atoms with van der Waals surface area (Å²) in [6, 6.07) is -19.9. The summed E-state index contributed by atoms with van der Waals surface area (Å²) in [5.74, 6) is -11.1. The van der Waals surface area contributed by atoms with E-state index in [9.17, 15) is 91.1 Å². The molecule has 0 saturated carbocycles. The first-order chi connectivity index (χ1) is 66.4. The molecule has 0 fully saturated rings. The average molecular weight is 2000 g/mol. The summed E-state index contributed by atoms with van der Waals surface area (Å²) in [5.41, 5.74) is 48.7. The van der Waals surface area contributed by atoms with Crippen molar-refractivity contribution in [1.82, 2.24) is 90.5 Å². The molecular formula is C96H182N26O19. The van der Waals surface area contributed by atoms with Gasteiger partial charge in [-0.2, -0.15) is 0 Å². The minimum Gasteiger partial charge on any atom is -0.370 e. The van der Waals surface area contributed by atoms with E-state index in [2.05, 4.69) is 90.5 Å². The molecule has 45 nitrogen and oxygen atoms in total. The molecule has 141 heavy (non-hydrogen) atoms. The number of amides is 19. The fraction of sp³-hybridized carbons (Fsp3) is 0.802. The molecule has 0 aromatic rings. The highest BCUT2D eigenvalue weighted by molar-refractivity contribution is 6.01. The van der Waals surface area contributed by atoms with Crippen LogP contribution in [0, 0.1) is 47.3 Å². The van der Waals surface area contributed by atoms with Gasteiger partial charge in [0.1, 0.15) is 84.6 Å². The molecule has 0 aliphatic rings. The molecule has 0 spiro atoms. The number of nitrogens with two attached hydrogens (primary N) is 9. The molecule has 0 aromatic carbocycles. The Morgan fingerprint density at radius 3 is 0.610 bits per heavy atom. The van der Waals surface area contributed by atoms with Gasteiger partial charge in [-0.1, -0.05) is 117 Å². The highest BCUT2D eigenvalue weighted by Crippen LogP contribution is 2.20. The highest BCUT2D eigenvalue weighted by Gasteiger charge is 2.40. The first-order valence-electron chi connectivity index (χ1n) is 51.0. The van der Waals surface area contributed by atoms with Crippen LogP contribution in [0.15, 0.2) is 0 Å². The molecule has 0 aromatic heterocycles. The summed E-state index contributed by atoms with van der Waals surface area (Å²) in [7, 11) is 0. The second-order valence-electron chi connectivity index (χ2n) is 40.4. The average Bonchev–Trinajstić information content (AvgIpc) is 0.850. The Bertz CT molecular complexity index is 3840. The second kappa shape index (κ2) is 73.7. The van der Waals surface area contributed by atoms with E-state index in [0.29, 0.717) is 70.6 Å². The third-order valence-corrected chi connectivity index (χ3v) is 23.0. The van der Waals surface area contributed by atoms with Crippen molar-refractivity contribution in [3.8, 4) is 0 Å². The molecule has 0 aliphatic heterocycles. The maximum absolute atomic E-state index is 15.0. The van der Waals surface area contributed by atoms with Crippen LogP contribution in [0.2, 0.25) is 0 Å². The molecule has 0 radical (unpaired) electrons. The van der Waals surface area contributed by atoms with E-state index in [4.69, 9.17) is 51.7 Å². The van der Waals surface area contributed by atoms with Crippen LogP contribution < -0.4 is 142 Å². The zero-order valence-electron chi connectivity index (χ0n) is 87.1. The number of carbonyl (C=O) groups is 19. The van der Waals surface area contributed by atoms with Crippen molar-refractivity contribution in [3.05, 3.63) is 0 Å². The van der Waals surface area contributed by atoms with E-state index in [1.54, 1.807) is 83.1 Å². The Morgan fingerprint density at radius 1 is 0.206 bits per heavy atom. The SMILES string of the molecule is CC(C)C[C@H](NC(=O)[C@H](CCC(N)=O)NC(=O)[C@H](CC(C)C)NC(=O)[C@H](CC(C)C)NC(=O)[C@H](CCCCN)NC(=O)[C@H](CCCCN)NC(=O)[C@H](CC(C)C)NC(=O)[C@H](CC(C)C)NC(=O)[C@H](CCCCN)NC(=O)[C@H](CC(C)C)NC(=O)[C@H](CC(C)C)NC(=O)[C@H](CCCCN)NC(=O)[C@H](CCC(N)=O)NC(=O)[C@@H](N)CC(C)C)C(=O)N[C@@H](CCCCN)C(=O)NCC(=O)NCCCCCC(=O)NN. The van der Waals surface area contributed by atoms with Gasteiger partial charge in [0, 0.05) is 25.8 Å². The molecule has 15 atom stereocenters. The van der Waals surface area contributed by atoms with Crippen LogP contribution in [0.5, 0.6) is 0 Å². The molecule has 0 rings (SSSR count). The fourth-order valence-electron chi connectivity index (χ4n) is 15.5. The largest absolute Gasteiger partial charge is 0.370 e. The molecule has 19 amide bonds. The Kier molecular flexibility index (Phi) is 68.3. The van der Waals surface area contributed by atoms with Gasteiger partial charge < -0.3 is 131 Å². The summed E-state index contributed by atoms with van der Waals surface area (Å²) >= 11 is 0. The van der Waals surface area contributed by atoms with E-state index < -0.39 is 210 Å². The minimum absolute atomic E-state index is 0.00665. The molecule has 35 N–H and O–H groups in total. The van der Waals surface area contributed by atoms with Crippen molar-refractivity contribution in [2.24, 2.45) is 99.1 Å². The Labute approximate surface area is 835 Å². The van der Waals surface area contributed by atoms with E-state index in [-0.39, 0.29) is 215 Å². The van der Waals surface area contributed by atoms with Crippen molar-refractivity contribution in [3.63, 3.8) is 0 Å². The van der Waals surface area contributed by atoms with Crippen LogP contribution in [0.3, 0.4) is 0 Å². The molecule has 810 valence electrons. The number of rotatable bonds is 79. The standard InChI is InChI=1S/C96H182N26O19/c1-55(2)46-63(102)82(127)108-69(36-38-78(103)123)88(133)111-67(33-22-27-43-100)86(131)116-75(51-60(11)12)94(139)120-73(49-58(7)8)92(137)113-68(34-23-28-44-101)87(132)117-77(53-62(15)16)95(140)119-72(48-57(5)6)91(136)112-65(31-20-25-41-98)84(129)110-66(32-21-26-42-99)85(130)115-76(52-61(13)14)96(141)121-74(50-59(9)10)93(138)114-70(37-39-79(104)124)89(134)118-71(47-56(3)4)90(135)109-64(30-19-24-40-97)83(128)107-54-81(126)106-45-29-17-18-35-80(125)122-105/h55-77H,17-54,97-102,105H2,1-16H3,(H2,103,123)(H2,104,124)(H,106,126)(H,107,128)(H,108,127)(H,109,135)(H,110,129)(H,111,133)(H,112,136)(H,113,137)(H,114,138)(H,115,130)(H,116,131)(H,117,132)(H,118,134)(H,119,140)(H,120,139)(H,121,141)(H,122,125)/t63-,64-,65-,66-,67-,68-,69-,70-,71-,72-,73-,74-,75-,76-,77-/m0/s1. The van der Waals surface area contributed by atoms with Crippen molar-refractivity contribution < 1.29 is 91.1 Å². The summed E-state index contributed by atoms with van der Waals surface area (Å²) in [4.78, 5) is 267. The zero-order chi connectivity index (χ0) is 107. The Morgan fingerprint density at radius 2 is 0.404 bits per heavy atom. The van der Waals surface area contributed by atoms with Crippen molar-refractivity contribution in [2.75, 3.05) is 45.8 Å². The van der Waals surface area contributed by atoms with Crippen molar-refractivity contribution >= 4 is 112 Å². The molecule has 45 heteroatoms. The van der Waals surface area contributed by atoms with Gasteiger partial charge >= 0.3 is 0 Å². The highest BCUT2D eigenvalue weighted by atomic mass is 16.2. The lowest BCUT2D eigenvalue weighted by Crippen LogP contribution is -2.61. The third-order valence-electron chi connectivity index (χ3n) is 23.0. The summed E-state index contributed by atoms with van der Waals surface area (Å²) in [6.07, 6.45) is 4.85. The van der Waals surface area contributed by atoms with Gasteiger partial charge in [-0.3, -0.25) is 96.5 Å².